The molecule has 10 heteroatoms. The molecule has 2 aromatic carbocycles. The van der Waals surface area contributed by atoms with Crippen molar-refractivity contribution in [1.29, 1.82) is 0 Å². The van der Waals surface area contributed by atoms with Crippen molar-refractivity contribution in [3.05, 3.63) is 88.5 Å². The number of nitrogens with zero attached hydrogens (tertiary/aromatic N) is 3. The van der Waals surface area contributed by atoms with Gasteiger partial charge in [-0.1, -0.05) is 24.3 Å². The Hall–Kier alpha value is -4.31. The molecule has 196 valence electrons. The van der Waals surface area contributed by atoms with Crippen LogP contribution in [-0.4, -0.2) is 63.5 Å². The van der Waals surface area contributed by atoms with Crippen molar-refractivity contribution < 1.29 is 24.2 Å². The number of rotatable bonds is 7. The van der Waals surface area contributed by atoms with Crippen LogP contribution in [0.15, 0.2) is 54.9 Å². The normalized spacial score (nSPS) is 14.9. The number of nitrogens with one attached hydrogen (secondary N) is 2. The fourth-order valence-corrected chi connectivity index (χ4v) is 4.52. The first-order valence-electron chi connectivity index (χ1n) is 12.7. The Morgan fingerprint density at radius 3 is 2.21 bits per heavy atom. The summed E-state index contributed by atoms with van der Waals surface area (Å²) in [5.41, 5.74) is 3.65. The van der Waals surface area contributed by atoms with Crippen molar-refractivity contribution in [3.63, 3.8) is 0 Å². The summed E-state index contributed by atoms with van der Waals surface area (Å²) < 4.78 is 5.51. The number of piperidine rings is 1. The number of carbonyl (C=O) groups is 3. The maximum atomic E-state index is 12.7. The van der Waals surface area contributed by atoms with Gasteiger partial charge in [0.2, 0.25) is 0 Å². The molecule has 0 unspecified atom stereocenters. The molecule has 0 aliphatic carbocycles. The Kier molecular flexibility index (Phi) is 7.60. The SMILES string of the molecule is O=C(NCc1ccc(C(=O)N2CCC(O)CC2)cc1)c1cc(C(=O)NCc2ccc3c(c2)CCO3)ncn1. The lowest BCUT2D eigenvalue weighted by molar-refractivity contribution is 0.0546. The average molecular weight is 516 g/mol. The lowest BCUT2D eigenvalue weighted by atomic mass is 10.1. The van der Waals surface area contributed by atoms with Crippen molar-refractivity contribution in [1.82, 2.24) is 25.5 Å². The molecule has 2 aliphatic rings. The zero-order chi connectivity index (χ0) is 26.5. The second-order valence-corrected chi connectivity index (χ2v) is 9.41. The van der Waals surface area contributed by atoms with Crippen LogP contribution in [0.3, 0.4) is 0 Å². The predicted octanol–water partition coefficient (Wildman–Crippen LogP) is 1.87. The number of fused-ring (bicyclic) bond motifs is 1. The number of ether oxygens (including phenoxy) is 1. The van der Waals surface area contributed by atoms with E-state index >= 15 is 0 Å². The molecule has 1 saturated heterocycles. The fourth-order valence-electron chi connectivity index (χ4n) is 4.52. The molecular weight excluding hydrogens is 486 g/mol. The van der Waals surface area contributed by atoms with Crippen molar-refractivity contribution in [2.24, 2.45) is 0 Å². The molecular formula is C28H29N5O5. The molecule has 5 rings (SSSR count). The Morgan fingerprint density at radius 1 is 0.895 bits per heavy atom. The van der Waals surface area contributed by atoms with Gasteiger partial charge < -0.3 is 25.4 Å². The maximum Gasteiger partial charge on any atom is 0.270 e. The predicted molar refractivity (Wildman–Crippen MR) is 138 cm³/mol. The van der Waals surface area contributed by atoms with Gasteiger partial charge in [0, 0.05) is 44.2 Å². The molecule has 2 aliphatic heterocycles. The van der Waals surface area contributed by atoms with Crippen molar-refractivity contribution in [2.45, 2.75) is 38.5 Å². The molecule has 10 nitrogen and oxygen atoms in total. The third-order valence-electron chi connectivity index (χ3n) is 6.74. The molecule has 0 radical (unpaired) electrons. The second-order valence-electron chi connectivity index (χ2n) is 9.41. The Labute approximate surface area is 220 Å². The molecule has 1 aromatic heterocycles. The maximum absolute atomic E-state index is 12.7. The minimum Gasteiger partial charge on any atom is -0.493 e. The highest BCUT2D eigenvalue weighted by Gasteiger charge is 2.22. The van der Waals surface area contributed by atoms with Crippen LogP contribution in [0.25, 0.3) is 0 Å². The van der Waals surface area contributed by atoms with Crippen molar-refractivity contribution in [2.75, 3.05) is 19.7 Å². The van der Waals surface area contributed by atoms with Crippen LogP contribution in [0.5, 0.6) is 5.75 Å². The number of amides is 3. The van der Waals surface area contributed by atoms with Gasteiger partial charge in [0.15, 0.2) is 0 Å². The van der Waals surface area contributed by atoms with E-state index < -0.39 is 11.8 Å². The Balaban J connectivity index is 1.13. The Bertz CT molecular complexity index is 1340. The summed E-state index contributed by atoms with van der Waals surface area (Å²) in [6.07, 6.45) is 2.89. The van der Waals surface area contributed by atoms with Crippen LogP contribution < -0.4 is 15.4 Å². The first-order chi connectivity index (χ1) is 18.5. The van der Waals surface area contributed by atoms with E-state index in [1.54, 1.807) is 29.2 Å². The molecule has 0 spiro atoms. The minimum absolute atomic E-state index is 0.0653. The highest BCUT2D eigenvalue weighted by atomic mass is 16.5. The number of hydrogen-bond donors (Lipinski definition) is 3. The van der Waals surface area contributed by atoms with Crippen LogP contribution in [0.4, 0.5) is 0 Å². The number of hydrogen-bond acceptors (Lipinski definition) is 7. The number of benzene rings is 2. The highest BCUT2D eigenvalue weighted by Crippen LogP contribution is 2.25. The molecule has 3 amide bonds. The first kappa shape index (κ1) is 25.3. The van der Waals surface area contributed by atoms with E-state index in [1.807, 2.05) is 18.2 Å². The number of aromatic nitrogens is 2. The molecule has 0 bridgehead atoms. The summed E-state index contributed by atoms with van der Waals surface area (Å²) in [6.45, 7) is 2.32. The first-order valence-corrected chi connectivity index (χ1v) is 12.7. The monoisotopic (exact) mass is 515 g/mol. The lowest BCUT2D eigenvalue weighted by Gasteiger charge is -2.29. The molecule has 1 fully saturated rings. The molecule has 0 atom stereocenters. The Morgan fingerprint density at radius 2 is 1.53 bits per heavy atom. The molecule has 0 saturated carbocycles. The lowest BCUT2D eigenvalue weighted by Crippen LogP contribution is -2.40. The summed E-state index contributed by atoms with van der Waals surface area (Å²) in [4.78, 5) is 47.7. The summed E-state index contributed by atoms with van der Waals surface area (Å²) in [5.74, 6) is -0.0202. The van der Waals surface area contributed by atoms with Gasteiger partial charge in [-0.3, -0.25) is 14.4 Å². The number of likely N-dealkylation sites (tertiary alicyclic amines) is 1. The van der Waals surface area contributed by atoms with Gasteiger partial charge in [0.1, 0.15) is 23.5 Å². The third kappa shape index (κ3) is 5.97. The zero-order valence-electron chi connectivity index (χ0n) is 20.9. The van der Waals surface area contributed by atoms with Gasteiger partial charge in [-0.25, -0.2) is 9.97 Å². The van der Waals surface area contributed by atoms with Crippen LogP contribution in [-0.2, 0) is 19.5 Å². The van der Waals surface area contributed by atoms with Gasteiger partial charge in [0.05, 0.1) is 12.7 Å². The molecule has 38 heavy (non-hydrogen) atoms. The third-order valence-corrected chi connectivity index (χ3v) is 6.74. The van der Waals surface area contributed by atoms with Crippen LogP contribution in [0.2, 0.25) is 0 Å². The molecule has 3 heterocycles. The summed E-state index contributed by atoms with van der Waals surface area (Å²) >= 11 is 0. The summed E-state index contributed by atoms with van der Waals surface area (Å²) in [7, 11) is 0. The van der Waals surface area contributed by atoms with Gasteiger partial charge in [-0.2, -0.15) is 0 Å². The minimum atomic E-state index is -0.438. The van der Waals surface area contributed by atoms with Gasteiger partial charge in [-0.15, -0.1) is 0 Å². The van der Waals surface area contributed by atoms with Gasteiger partial charge in [-0.05, 0) is 47.7 Å². The molecule has 3 N–H and O–H groups in total. The number of aliphatic hydroxyl groups excluding tert-OH is 1. The largest absolute Gasteiger partial charge is 0.493 e. The van der Waals surface area contributed by atoms with Crippen molar-refractivity contribution in [3.8, 4) is 5.75 Å². The van der Waals surface area contributed by atoms with E-state index in [9.17, 15) is 19.5 Å². The highest BCUT2D eigenvalue weighted by molar-refractivity contribution is 5.97. The topological polar surface area (TPSA) is 134 Å². The zero-order valence-corrected chi connectivity index (χ0v) is 20.9. The smallest absolute Gasteiger partial charge is 0.270 e. The van der Waals surface area contributed by atoms with E-state index in [1.165, 1.54) is 12.4 Å². The van der Waals surface area contributed by atoms with E-state index in [0.717, 1.165) is 28.9 Å². The summed E-state index contributed by atoms with van der Waals surface area (Å²) in [5, 5.41) is 15.2. The standard InChI is InChI=1S/C28H29N5O5/c34-22-7-10-33(11-8-22)28(37)20-4-1-18(2-5-20)15-29-26(35)23-14-24(32-17-31-23)27(36)30-16-19-3-6-25-21(13-19)9-12-38-25/h1-6,13-14,17,22,34H,7-12,15-16H2,(H,29,35)(H,30,36). The van der Waals surface area contributed by atoms with Crippen LogP contribution >= 0.6 is 0 Å². The van der Waals surface area contributed by atoms with E-state index in [-0.39, 0.29) is 29.9 Å². The van der Waals surface area contributed by atoms with E-state index in [2.05, 4.69) is 20.6 Å². The van der Waals surface area contributed by atoms with Gasteiger partial charge >= 0.3 is 0 Å². The van der Waals surface area contributed by atoms with E-state index in [4.69, 9.17) is 4.74 Å². The molecule has 3 aromatic rings. The number of carbonyl (C=O) groups excluding carboxylic acids is 3. The van der Waals surface area contributed by atoms with Gasteiger partial charge in [0.25, 0.3) is 17.7 Å². The fraction of sp³-hybridized carbons (Fsp3) is 0.321. The second kappa shape index (κ2) is 11.4. The van der Waals surface area contributed by atoms with Crippen LogP contribution in [0.1, 0.15) is 60.9 Å². The average Bonchev–Trinajstić information content (AvgIpc) is 3.43. The number of aliphatic hydroxyl groups is 1. The van der Waals surface area contributed by atoms with Crippen molar-refractivity contribution >= 4 is 17.7 Å². The van der Waals surface area contributed by atoms with Crippen LogP contribution in [0, 0.1) is 0 Å². The van der Waals surface area contributed by atoms with E-state index in [0.29, 0.717) is 44.6 Å². The summed E-state index contributed by atoms with van der Waals surface area (Å²) in [6, 6.07) is 14.2. The quantitative estimate of drug-likeness (QED) is 0.437.